The Balaban J connectivity index is 2.92. The average Bonchev–Trinajstić information content (AvgIpc) is 2.12. The molecule has 2 atom stereocenters. The molecular formula is C15H22O3. The second kappa shape index (κ2) is 5.53. The van der Waals surface area contributed by atoms with Crippen LogP contribution in [-0.4, -0.2) is 22.3 Å². The molecule has 0 bridgehead atoms. The monoisotopic (exact) mass is 250 g/mol. The van der Waals surface area contributed by atoms with Gasteiger partial charge in [0.05, 0.1) is 6.10 Å². The highest BCUT2D eigenvalue weighted by atomic mass is 16.4. The van der Waals surface area contributed by atoms with E-state index in [2.05, 4.69) is 13.8 Å². The lowest BCUT2D eigenvalue weighted by Gasteiger charge is -2.38. The molecule has 3 heteroatoms. The van der Waals surface area contributed by atoms with Gasteiger partial charge in [-0.3, -0.25) is 0 Å². The lowest BCUT2D eigenvalue weighted by atomic mass is 9.67. The zero-order valence-electron chi connectivity index (χ0n) is 11.5. The molecule has 3 nitrogen and oxygen atoms in total. The first-order chi connectivity index (χ1) is 8.22. The van der Waals surface area contributed by atoms with Gasteiger partial charge in [-0.15, -0.1) is 0 Å². The summed E-state index contributed by atoms with van der Waals surface area (Å²) >= 11 is 0. The summed E-state index contributed by atoms with van der Waals surface area (Å²) in [5, 5.41) is 18.4. The summed E-state index contributed by atoms with van der Waals surface area (Å²) in [6.45, 7) is 8.03. The minimum Gasteiger partial charge on any atom is -0.478 e. The Morgan fingerprint density at radius 3 is 2.61 bits per heavy atom. The van der Waals surface area contributed by atoms with Crippen molar-refractivity contribution in [1.82, 2.24) is 0 Å². The maximum absolute atomic E-state index is 10.5. The van der Waals surface area contributed by atoms with Gasteiger partial charge in [-0.2, -0.15) is 0 Å². The number of aliphatic hydroxyl groups excluding tert-OH is 1. The van der Waals surface area contributed by atoms with Gasteiger partial charge in [-0.1, -0.05) is 37.6 Å². The van der Waals surface area contributed by atoms with Gasteiger partial charge in [0, 0.05) is 12.0 Å². The largest absolute Gasteiger partial charge is 0.478 e. The van der Waals surface area contributed by atoms with Gasteiger partial charge in [-0.25, -0.2) is 4.79 Å². The van der Waals surface area contributed by atoms with Crippen LogP contribution in [0.25, 0.3) is 0 Å². The minimum absolute atomic E-state index is 0.0156. The molecule has 1 aliphatic rings. The van der Waals surface area contributed by atoms with Crippen LogP contribution in [0.2, 0.25) is 0 Å². The summed E-state index contributed by atoms with van der Waals surface area (Å²) < 4.78 is 0. The Kier molecular flexibility index (Phi) is 4.52. The zero-order chi connectivity index (χ0) is 13.9. The Hall–Kier alpha value is -1.35. The van der Waals surface area contributed by atoms with Crippen LogP contribution >= 0.6 is 0 Å². The van der Waals surface area contributed by atoms with E-state index in [-0.39, 0.29) is 17.4 Å². The lowest BCUT2D eigenvalue weighted by Crippen LogP contribution is -2.32. The maximum Gasteiger partial charge on any atom is 0.328 e. The standard InChI is InChI=1S/C15H22O3/c1-10(7-14(17)18)5-6-13-11(2)8-12(16)9-15(13,3)4/h5-8,12-13,16H,9H2,1-4H3,(H,17,18)/b6-5+,10-7-/t12-,13+/m1/s1. The Bertz CT molecular complexity index is 413. The van der Waals surface area contributed by atoms with Crippen molar-refractivity contribution in [1.29, 1.82) is 0 Å². The Morgan fingerprint density at radius 1 is 1.50 bits per heavy atom. The molecule has 0 aliphatic heterocycles. The maximum atomic E-state index is 10.5. The van der Waals surface area contributed by atoms with Crippen LogP contribution in [0.15, 0.2) is 35.5 Å². The molecule has 0 spiro atoms. The number of carboxylic acid groups (broad SMARTS) is 1. The van der Waals surface area contributed by atoms with E-state index in [0.29, 0.717) is 0 Å². The van der Waals surface area contributed by atoms with Gasteiger partial charge in [0.25, 0.3) is 0 Å². The number of rotatable bonds is 3. The highest BCUT2D eigenvalue weighted by molar-refractivity contribution is 5.81. The second-order valence-corrected chi connectivity index (χ2v) is 5.73. The number of allylic oxidation sites excluding steroid dienone is 4. The molecule has 1 rings (SSSR count). The van der Waals surface area contributed by atoms with Crippen LogP contribution in [0.1, 0.15) is 34.1 Å². The first kappa shape index (κ1) is 14.7. The molecule has 0 saturated heterocycles. The molecule has 0 amide bonds. The molecule has 18 heavy (non-hydrogen) atoms. The van der Waals surface area contributed by atoms with Crippen molar-refractivity contribution in [2.24, 2.45) is 11.3 Å². The summed E-state index contributed by atoms with van der Waals surface area (Å²) in [5.74, 6) is -0.694. The van der Waals surface area contributed by atoms with Crippen LogP contribution in [0, 0.1) is 11.3 Å². The average molecular weight is 250 g/mol. The number of carboxylic acids is 1. The fraction of sp³-hybridized carbons (Fsp3) is 0.533. The van der Waals surface area contributed by atoms with Crippen molar-refractivity contribution in [3.05, 3.63) is 35.5 Å². The van der Waals surface area contributed by atoms with Crippen LogP contribution in [0.3, 0.4) is 0 Å². The third-order valence-electron chi connectivity index (χ3n) is 3.43. The van der Waals surface area contributed by atoms with Crippen molar-refractivity contribution < 1.29 is 15.0 Å². The molecule has 0 fully saturated rings. The van der Waals surface area contributed by atoms with E-state index in [4.69, 9.17) is 5.11 Å². The number of carbonyl (C=O) groups is 1. The first-order valence-corrected chi connectivity index (χ1v) is 6.18. The van der Waals surface area contributed by atoms with E-state index in [1.54, 1.807) is 6.92 Å². The minimum atomic E-state index is -0.928. The van der Waals surface area contributed by atoms with Crippen LogP contribution in [0.4, 0.5) is 0 Å². The highest BCUT2D eigenvalue weighted by Gasteiger charge is 2.34. The third kappa shape index (κ3) is 3.84. The Morgan fingerprint density at radius 2 is 2.11 bits per heavy atom. The number of aliphatic carboxylic acids is 1. The van der Waals surface area contributed by atoms with Gasteiger partial charge in [0.1, 0.15) is 0 Å². The van der Waals surface area contributed by atoms with Crippen molar-refractivity contribution in [2.45, 2.75) is 40.2 Å². The van der Waals surface area contributed by atoms with Crippen molar-refractivity contribution in [2.75, 3.05) is 0 Å². The van der Waals surface area contributed by atoms with E-state index in [0.717, 1.165) is 17.6 Å². The fourth-order valence-corrected chi connectivity index (χ4v) is 2.65. The molecule has 0 unspecified atom stereocenters. The zero-order valence-corrected chi connectivity index (χ0v) is 11.5. The van der Waals surface area contributed by atoms with E-state index < -0.39 is 5.97 Å². The molecule has 0 aromatic carbocycles. The van der Waals surface area contributed by atoms with Gasteiger partial charge in [-0.05, 0) is 31.3 Å². The molecule has 0 saturated carbocycles. The molecule has 1 aliphatic carbocycles. The van der Waals surface area contributed by atoms with Crippen LogP contribution < -0.4 is 0 Å². The summed E-state index contributed by atoms with van der Waals surface area (Å²) in [4.78, 5) is 10.5. The number of hydrogen-bond donors (Lipinski definition) is 2. The summed E-state index contributed by atoms with van der Waals surface area (Å²) in [5.41, 5.74) is 1.84. The summed E-state index contributed by atoms with van der Waals surface area (Å²) in [7, 11) is 0. The van der Waals surface area contributed by atoms with Crippen molar-refractivity contribution >= 4 is 5.97 Å². The van der Waals surface area contributed by atoms with E-state index in [9.17, 15) is 9.90 Å². The number of aliphatic hydroxyl groups is 1. The Labute approximate surface area is 109 Å². The van der Waals surface area contributed by atoms with E-state index in [1.165, 1.54) is 6.08 Å². The molecule has 2 N–H and O–H groups in total. The van der Waals surface area contributed by atoms with Gasteiger partial charge >= 0.3 is 5.97 Å². The third-order valence-corrected chi connectivity index (χ3v) is 3.43. The van der Waals surface area contributed by atoms with Crippen LogP contribution in [0.5, 0.6) is 0 Å². The fourth-order valence-electron chi connectivity index (χ4n) is 2.65. The number of hydrogen-bond acceptors (Lipinski definition) is 2. The molecule has 0 radical (unpaired) electrons. The predicted octanol–water partition coefficient (Wildman–Crippen LogP) is 2.93. The molecule has 0 aromatic rings. The van der Waals surface area contributed by atoms with Gasteiger partial charge in [0.2, 0.25) is 0 Å². The highest BCUT2D eigenvalue weighted by Crippen LogP contribution is 2.41. The normalized spacial score (nSPS) is 28.3. The lowest BCUT2D eigenvalue weighted by molar-refractivity contribution is -0.131. The summed E-state index contributed by atoms with van der Waals surface area (Å²) in [6, 6.07) is 0. The van der Waals surface area contributed by atoms with Crippen molar-refractivity contribution in [3.63, 3.8) is 0 Å². The second-order valence-electron chi connectivity index (χ2n) is 5.73. The smallest absolute Gasteiger partial charge is 0.328 e. The predicted molar refractivity (Wildman–Crippen MR) is 72.2 cm³/mol. The van der Waals surface area contributed by atoms with Crippen molar-refractivity contribution in [3.8, 4) is 0 Å². The van der Waals surface area contributed by atoms with E-state index in [1.807, 2.05) is 25.2 Å². The summed E-state index contributed by atoms with van der Waals surface area (Å²) in [6.07, 6.45) is 7.31. The van der Waals surface area contributed by atoms with E-state index >= 15 is 0 Å². The quantitative estimate of drug-likeness (QED) is 0.460. The van der Waals surface area contributed by atoms with Gasteiger partial charge in [0.15, 0.2) is 0 Å². The molecule has 100 valence electrons. The van der Waals surface area contributed by atoms with Gasteiger partial charge < -0.3 is 10.2 Å². The molecule has 0 heterocycles. The SMILES string of the molecule is CC1=C[C@@H](O)CC(C)(C)[C@H]1/C=C/C(C)=C\C(=O)O. The first-order valence-electron chi connectivity index (χ1n) is 6.18. The molecule has 0 aromatic heterocycles. The topological polar surface area (TPSA) is 57.5 Å². The van der Waals surface area contributed by atoms with Crippen LogP contribution in [-0.2, 0) is 4.79 Å². The molecular weight excluding hydrogens is 228 g/mol.